The first-order valence-electron chi connectivity index (χ1n) is 11.1. The van der Waals surface area contributed by atoms with Gasteiger partial charge in [-0.25, -0.2) is 0 Å². The Morgan fingerprint density at radius 3 is 2.61 bits per heavy atom. The van der Waals surface area contributed by atoms with Crippen LogP contribution in [0.25, 0.3) is 10.4 Å². The quantitative estimate of drug-likeness (QED) is 0.446. The van der Waals surface area contributed by atoms with Gasteiger partial charge >= 0.3 is 0 Å². The predicted molar refractivity (Wildman–Crippen MR) is 127 cm³/mol. The number of rotatable bonds is 7. The number of ketones is 1. The number of aliphatic hydroxyl groups excluding tert-OH is 2. The molecule has 1 aromatic heterocycles. The molecule has 31 heavy (non-hydrogen) atoms. The lowest BCUT2D eigenvalue weighted by molar-refractivity contribution is 0.0833. The summed E-state index contributed by atoms with van der Waals surface area (Å²) in [5, 5.41) is 19.3. The Bertz CT molecular complexity index is 1040. The molecule has 0 radical (unpaired) electrons. The van der Waals surface area contributed by atoms with Gasteiger partial charge in [0.2, 0.25) is 0 Å². The standard InChI is InChI=1S/C27H30O3S/c1-18(29)22-8-2-5-19(14-22)13-20-6-3-9-23(15-20)25-11-12-26(31-25)27(30)24-10-4-7-21(16-24)17-28/h2-3,5-6,8-9,11-12,14-15,18,21,24,28-29H,4,7,10,13,16-17H2,1H3. The average Bonchev–Trinajstić information content (AvgIpc) is 3.29. The molecule has 1 heterocycles. The molecule has 2 aromatic carbocycles. The summed E-state index contributed by atoms with van der Waals surface area (Å²) in [6, 6.07) is 20.6. The molecule has 1 aliphatic rings. The largest absolute Gasteiger partial charge is 0.396 e. The van der Waals surface area contributed by atoms with Crippen LogP contribution in [0.1, 0.15) is 65.1 Å². The summed E-state index contributed by atoms with van der Waals surface area (Å²) in [6.45, 7) is 1.97. The molecule has 0 bridgehead atoms. The Balaban J connectivity index is 1.49. The third-order valence-corrected chi connectivity index (χ3v) is 7.46. The zero-order valence-corrected chi connectivity index (χ0v) is 18.8. The van der Waals surface area contributed by atoms with E-state index in [-0.39, 0.29) is 24.2 Å². The molecule has 4 rings (SSSR count). The maximum absolute atomic E-state index is 13.0. The number of hydrogen-bond acceptors (Lipinski definition) is 4. The Morgan fingerprint density at radius 1 is 1.06 bits per heavy atom. The van der Waals surface area contributed by atoms with Crippen LogP contribution in [0.2, 0.25) is 0 Å². The van der Waals surface area contributed by atoms with Crippen LogP contribution in [-0.2, 0) is 6.42 Å². The van der Waals surface area contributed by atoms with Gasteiger partial charge in [0.25, 0.3) is 0 Å². The van der Waals surface area contributed by atoms with Gasteiger partial charge in [-0.1, -0.05) is 55.0 Å². The highest BCUT2D eigenvalue weighted by molar-refractivity contribution is 7.17. The Kier molecular flexibility index (Phi) is 7.01. The molecule has 3 aromatic rings. The van der Waals surface area contributed by atoms with Crippen molar-refractivity contribution in [1.82, 2.24) is 0 Å². The molecular formula is C27H30O3S. The molecule has 4 heteroatoms. The highest BCUT2D eigenvalue weighted by Crippen LogP contribution is 2.35. The summed E-state index contributed by atoms with van der Waals surface area (Å²) in [6.07, 6.45) is 4.13. The van der Waals surface area contributed by atoms with Crippen molar-refractivity contribution in [2.75, 3.05) is 6.61 Å². The van der Waals surface area contributed by atoms with E-state index in [0.717, 1.165) is 53.0 Å². The minimum atomic E-state index is -0.467. The molecule has 162 valence electrons. The average molecular weight is 435 g/mol. The van der Waals surface area contributed by atoms with Crippen molar-refractivity contribution in [1.29, 1.82) is 0 Å². The zero-order chi connectivity index (χ0) is 21.8. The summed E-state index contributed by atoms with van der Waals surface area (Å²) >= 11 is 1.57. The van der Waals surface area contributed by atoms with E-state index in [1.54, 1.807) is 18.3 Å². The van der Waals surface area contributed by atoms with Gasteiger partial charge in [-0.05, 0) is 72.9 Å². The fraction of sp³-hybridized carbons (Fsp3) is 0.370. The summed E-state index contributed by atoms with van der Waals surface area (Å²) in [5.74, 6) is 0.552. The van der Waals surface area contributed by atoms with Gasteiger partial charge in [0.1, 0.15) is 0 Å². The van der Waals surface area contributed by atoms with Gasteiger partial charge in [-0.2, -0.15) is 0 Å². The number of hydrogen-bond donors (Lipinski definition) is 2. The van der Waals surface area contributed by atoms with Crippen molar-refractivity contribution in [2.24, 2.45) is 11.8 Å². The van der Waals surface area contributed by atoms with Gasteiger partial charge in [0.05, 0.1) is 11.0 Å². The van der Waals surface area contributed by atoms with E-state index in [2.05, 4.69) is 42.5 Å². The Hall–Kier alpha value is -2.27. The van der Waals surface area contributed by atoms with Crippen LogP contribution in [-0.4, -0.2) is 22.6 Å². The molecule has 3 unspecified atom stereocenters. The van der Waals surface area contributed by atoms with E-state index in [9.17, 15) is 15.0 Å². The number of carbonyl (C=O) groups is 1. The first kappa shape index (κ1) is 21.9. The molecule has 0 saturated heterocycles. The number of Topliss-reactive ketones (excluding diaryl/α,β-unsaturated/α-hetero) is 1. The van der Waals surface area contributed by atoms with Crippen molar-refractivity contribution in [2.45, 2.75) is 45.1 Å². The lowest BCUT2D eigenvalue weighted by Crippen LogP contribution is -2.24. The van der Waals surface area contributed by atoms with Gasteiger partial charge in [0.15, 0.2) is 5.78 Å². The lowest BCUT2D eigenvalue weighted by atomic mass is 9.79. The summed E-state index contributed by atoms with van der Waals surface area (Å²) in [7, 11) is 0. The van der Waals surface area contributed by atoms with Crippen molar-refractivity contribution >= 4 is 17.1 Å². The molecule has 0 amide bonds. The van der Waals surface area contributed by atoms with E-state index in [4.69, 9.17) is 0 Å². The highest BCUT2D eigenvalue weighted by Gasteiger charge is 2.28. The second kappa shape index (κ2) is 9.90. The van der Waals surface area contributed by atoms with E-state index in [0.29, 0.717) is 0 Å². The maximum atomic E-state index is 13.0. The smallest absolute Gasteiger partial charge is 0.175 e. The minimum Gasteiger partial charge on any atom is -0.396 e. The first-order valence-corrected chi connectivity index (χ1v) is 12.0. The van der Waals surface area contributed by atoms with Gasteiger partial charge in [0, 0.05) is 17.4 Å². The Morgan fingerprint density at radius 2 is 1.84 bits per heavy atom. The van der Waals surface area contributed by atoms with Crippen LogP contribution in [0, 0.1) is 11.8 Å². The highest BCUT2D eigenvalue weighted by atomic mass is 32.1. The van der Waals surface area contributed by atoms with Crippen LogP contribution in [0.3, 0.4) is 0 Å². The number of thiophene rings is 1. The monoisotopic (exact) mass is 434 g/mol. The van der Waals surface area contributed by atoms with Crippen molar-refractivity contribution in [3.05, 3.63) is 82.2 Å². The predicted octanol–water partition coefficient (Wildman–Crippen LogP) is 6.04. The molecule has 1 saturated carbocycles. The first-order chi connectivity index (χ1) is 15.0. The molecule has 1 fully saturated rings. The fourth-order valence-corrected chi connectivity index (χ4v) is 5.58. The van der Waals surface area contributed by atoms with E-state index < -0.39 is 6.10 Å². The third-order valence-electron chi connectivity index (χ3n) is 6.31. The molecule has 0 aliphatic heterocycles. The van der Waals surface area contributed by atoms with Gasteiger partial charge in [-0.15, -0.1) is 11.3 Å². The van der Waals surface area contributed by atoms with Gasteiger partial charge in [-0.3, -0.25) is 4.79 Å². The minimum absolute atomic E-state index is 0.0462. The van der Waals surface area contributed by atoms with Crippen LogP contribution >= 0.6 is 11.3 Å². The fourth-order valence-electron chi connectivity index (χ4n) is 4.55. The van der Waals surface area contributed by atoms with Crippen LogP contribution in [0.4, 0.5) is 0 Å². The van der Waals surface area contributed by atoms with E-state index >= 15 is 0 Å². The number of aliphatic hydroxyl groups is 2. The van der Waals surface area contributed by atoms with Crippen LogP contribution in [0.15, 0.2) is 60.7 Å². The van der Waals surface area contributed by atoms with E-state index in [1.807, 2.05) is 18.2 Å². The van der Waals surface area contributed by atoms with Gasteiger partial charge < -0.3 is 10.2 Å². The van der Waals surface area contributed by atoms with Crippen LogP contribution in [0.5, 0.6) is 0 Å². The van der Waals surface area contributed by atoms with E-state index in [1.165, 1.54) is 11.1 Å². The molecule has 3 nitrogen and oxygen atoms in total. The summed E-state index contributed by atoms with van der Waals surface area (Å²) in [4.78, 5) is 14.9. The lowest BCUT2D eigenvalue weighted by Gasteiger charge is -2.26. The topological polar surface area (TPSA) is 57.5 Å². The molecule has 2 N–H and O–H groups in total. The Labute approximate surface area is 188 Å². The summed E-state index contributed by atoms with van der Waals surface area (Å²) in [5.41, 5.74) is 4.44. The zero-order valence-electron chi connectivity index (χ0n) is 18.0. The van der Waals surface area contributed by atoms with Crippen LogP contribution < -0.4 is 0 Å². The SMILES string of the molecule is CC(O)c1cccc(Cc2cccc(-c3ccc(C(=O)C4CCCC(CO)C4)s3)c2)c1. The van der Waals surface area contributed by atoms with Crippen molar-refractivity contribution in [3.63, 3.8) is 0 Å². The molecule has 0 spiro atoms. The number of carbonyl (C=O) groups excluding carboxylic acids is 1. The number of benzene rings is 2. The molecule has 3 atom stereocenters. The van der Waals surface area contributed by atoms with Crippen molar-refractivity contribution in [3.8, 4) is 10.4 Å². The normalized spacial score (nSPS) is 19.8. The molecular weight excluding hydrogens is 404 g/mol. The maximum Gasteiger partial charge on any atom is 0.175 e. The third kappa shape index (κ3) is 5.32. The van der Waals surface area contributed by atoms with Crippen molar-refractivity contribution < 1.29 is 15.0 Å². The molecule has 1 aliphatic carbocycles. The second-order valence-corrected chi connectivity index (χ2v) is 9.82. The summed E-state index contributed by atoms with van der Waals surface area (Å²) < 4.78 is 0. The second-order valence-electron chi connectivity index (χ2n) is 8.74.